The van der Waals surface area contributed by atoms with Gasteiger partial charge in [-0.1, -0.05) is 23.4 Å². The van der Waals surface area contributed by atoms with E-state index in [0.29, 0.717) is 17.4 Å². The van der Waals surface area contributed by atoms with Crippen LogP contribution in [0.15, 0.2) is 47.3 Å². The largest absolute Gasteiger partial charge is 0.494 e. The van der Waals surface area contributed by atoms with E-state index in [-0.39, 0.29) is 35.6 Å². The molecule has 0 bridgehead atoms. The van der Waals surface area contributed by atoms with Crippen LogP contribution in [0.3, 0.4) is 0 Å². The average Bonchev–Trinajstić information content (AvgIpc) is 2.77. The highest BCUT2D eigenvalue weighted by Gasteiger charge is 2.21. The fraction of sp³-hybridized carbons (Fsp3) is 0.364. The van der Waals surface area contributed by atoms with Gasteiger partial charge in [-0.25, -0.2) is 9.07 Å². The molecule has 162 valence electrons. The summed E-state index contributed by atoms with van der Waals surface area (Å²) < 4.78 is 19.9. The van der Waals surface area contributed by atoms with Crippen LogP contribution in [0.5, 0.6) is 5.75 Å². The second kappa shape index (κ2) is 9.22. The van der Waals surface area contributed by atoms with E-state index in [1.54, 1.807) is 30.3 Å². The lowest BCUT2D eigenvalue weighted by Crippen LogP contribution is -2.46. The summed E-state index contributed by atoms with van der Waals surface area (Å²) in [6, 6.07) is 11.9. The smallest absolute Gasteiger partial charge is 0.278 e. The van der Waals surface area contributed by atoms with Crippen molar-refractivity contribution in [3.05, 3.63) is 64.2 Å². The van der Waals surface area contributed by atoms with Crippen LogP contribution >= 0.6 is 0 Å². The highest BCUT2D eigenvalue weighted by atomic mass is 19.1. The Kier molecular flexibility index (Phi) is 6.22. The van der Waals surface area contributed by atoms with Crippen LogP contribution in [-0.4, -0.2) is 52.0 Å². The van der Waals surface area contributed by atoms with E-state index in [1.807, 2.05) is 6.07 Å². The molecule has 31 heavy (non-hydrogen) atoms. The van der Waals surface area contributed by atoms with E-state index in [4.69, 9.17) is 4.74 Å². The summed E-state index contributed by atoms with van der Waals surface area (Å²) in [6.45, 7) is 2.05. The number of ether oxygens (including phenoxy) is 1. The number of likely N-dealkylation sites (tertiary alicyclic amines) is 1. The lowest BCUT2D eigenvalue weighted by Gasteiger charge is -2.32. The maximum atomic E-state index is 13.9. The fourth-order valence-electron chi connectivity index (χ4n) is 3.84. The number of fused-ring (bicyclic) bond motifs is 1. The predicted octanol–water partition coefficient (Wildman–Crippen LogP) is 1.72. The van der Waals surface area contributed by atoms with Gasteiger partial charge in [-0.2, -0.15) is 0 Å². The molecule has 1 aromatic heterocycles. The Morgan fingerprint density at radius 1 is 1.23 bits per heavy atom. The van der Waals surface area contributed by atoms with Crippen molar-refractivity contribution in [3.8, 4) is 5.75 Å². The Balaban J connectivity index is 1.29. The summed E-state index contributed by atoms with van der Waals surface area (Å²) in [5.41, 5.74) is 1.06. The summed E-state index contributed by atoms with van der Waals surface area (Å²) in [6.07, 6.45) is 1.56. The first-order valence-corrected chi connectivity index (χ1v) is 10.2. The number of aromatic nitrogens is 3. The lowest BCUT2D eigenvalue weighted by molar-refractivity contribution is -0.123. The van der Waals surface area contributed by atoms with Crippen molar-refractivity contribution in [2.45, 2.75) is 32.0 Å². The van der Waals surface area contributed by atoms with Gasteiger partial charge in [0.15, 0.2) is 11.6 Å². The molecule has 4 rings (SSSR count). The minimum Gasteiger partial charge on any atom is -0.494 e. The number of methoxy groups -OCH3 is 1. The quantitative estimate of drug-likeness (QED) is 0.647. The second-order valence-corrected chi connectivity index (χ2v) is 7.66. The molecular formula is C22H24FN5O3. The van der Waals surface area contributed by atoms with Crippen molar-refractivity contribution in [3.63, 3.8) is 0 Å². The van der Waals surface area contributed by atoms with Gasteiger partial charge >= 0.3 is 0 Å². The molecule has 9 heteroatoms. The van der Waals surface area contributed by atoms with Crippen LogP contribution in [0.4, 0.5) is 4.39 Å². The molecule has 0 radical (unpaired) electrons. The van der Waals surface area contributed by atoms with E-state index in [1.165, 1.54) is 13.2 Å². The monoisotopic (exact) mass is 425 g/mol. The van der Waals surface area contributed by atoms with Crippen molar-refractivity contribution < 1.29 is 13.9 Å². The Morgan fingerprint density at radius 3 is 2.74 bits per heavy atom. The number of nitrogens with one attached hydrogen (secondary N) is 1. The summed E-state index contributed by atoms with van der Waals surface area (Å²) >= 11 is 0. The molecule has 0 aliphatic carbocycles. The number of hydrogen-bond acceptors (Lipinski definition) is 6. The molecule has 1 saturated heterocycles. The minimum absolute atomic E-state index is 0.0282. The zero-order valence-electron chi connectivity index (χ0n) is 17.3. The van der Waals surface area contributed by atoms with Crippen molar-refractivity contribution in [1.29, 1.82) is 0 Å². The van der Waals surface area contributed by atoms with Gasteiger partial charge in [0.1, 0.15) is 12.1 Å². The number of rotatable bonds is 6. The summed E-state index contributed by atoms with van der Waals surface area (Å²) in [5, 5.41) is 11.3. The van der Waals surface area contributed by atoms with Crippen molar-refractivity contribution in [2.75, 3.05) is 20.2 Å². The van der Waals surface area contributed by atoms with Gasteiger partial charge in [0.2, 0.25) is 5.91 Å². The van der Waals surface area contributed by atoms with Crippen LogP contribution in [0.1, 0.15) is 18.4 Å². The zero-order valence-corrected chi connectivity index (χ0v) is 17.3. The minimum atomic E-state index is -0.366. The third-order valence-electron chi connectivity index (χ3n) is 5.50. The molecule has 1 fully saturated rings. The standard InChI is InChI=1S/C22H24FN5O3/c1-31-20-7-6-15(12-18(20)23)13-27-10-8-16(9-11-27)24-21(29)14-28-22(30)17-4-2-3-5-19(17)25-26-28/h2-7,12,16H,8-11,13-14H2,1H3,(H,24,29). The number of piperidine rings is 1. The number of carbonyl (C=O) groups is 1. The topological polar surface area (TPSA) is 89.3 Å². The molecule has 0 unspecified atom stereocenters. The van der Waals surface area contributed by atoms with E-state index in [2.05, 4.69) is 20.5 Å². The molecule has 0 saturated carbocycles. The number of carbonyl (C=O) groups excluding carboxylic acids is 1. The Labute approximate surface area is 178 Å². The van der Waals surface area contributed by atoms with Gasteiger partial charge < -0.3 is 10.1 Å². The Morgan fingerprint density at radius 2 is 2.00 bits per heavy atom. The van der Waals surface area contributed by atoms with E-state index in [9.17, 15) is 14.0 Å². The summed E-state index contributed by atoms with van der Waals surface area (Å²) in [4.78, 5) is 27.1. The SMILES string of the molecule is COc1ccc(CN2CCC(NC(=O)Cn3nnc4ccccc4c3=O)CC2)cc1F. The zero-order chi connectivity index (χ0) is 21.8. The number of halogens is 1. The van der Waals surface area contributed by atoms with Gasteiger partial charge in [-0.15, -0.1) is 5.10 Å². The molecule has 1 aliphatic heterocycles. The van der Waals surface area contributed by atoms with Crippen molar-refractivity contribution in [1.82, 2.24) is 25.2 Å². The number of amides is 1. The van der Waals surface area contributed by atoms with Crippen LogP contribution in [-0.2, 0) is 17.9 Å². The molecule has 1 N–H and O–H groups in total. The maximum absolute atomic E-state index is 13.9. The Bertz CT molecular complexity index is 1140. The molecule has 1 aliphatic rings. The summed E-state index contributed by atoms with van der Waals surface area (Å²) in [5.74, 6) is -0.392. The number of nitrogens with zero attached hydrogens (tertiary/aromatic N) is 4. The van der Waals surface area contributed by atoms with Gasteiger partial charge in [-0.05, 0) is 42.7 Å². The van der Waals surface area contributed by atoms with E-state index >= 15 is 0 Å². The van der Waals surface area contributed by atoms with Gasteiger partial charge in [-0.3, -0.25) is 14.5 Å². The molecule has 3 aromatic rings. The first-order valence-electron chi connectivity index (χ1n) is 10.2. The Hall–Kier alpha value is -3.33. The van der Waals surface area contributed by atoms with E-state index < -0.39 is 0 Å². The number of hydrogen-bond donors (Lipinski definition) is 1. The summed E-state index contributed by atoms with van der Waals surface area (Å²) in [7, 11) is 1.44. The third-order valence-corrected chi connectivity index (χ3v) is 5.50. The fourth-order valence-corrected chi connectivity index (χ4v) is 3.84. The van der Waals surface area contributed by atoms with Gasteiger partial charge in [0.05, 0.1) is 12.5 Å². The first kappa shape index (κ1) is 20.9. The molecular weight excluding hydrogens is 401 g/mol. The molecule has 2 heterocycles. The normalized spacial score (nSPS) is 15.2. The van der Waals surface area contributed by atoms with Gasteiger partial charge in [0, 0.05) is 25.7 Å². The molecule has 0 spiro atoms. The van der Waals surface area contributed by atoms with Crippen LogP contribution < -0.4 is 15.6 Å². The highest BCUT2D eigenvalue weighted by molar-refractivity contribution is 5.78. The van der Waals surface area contributed by atoms with Crippen molar-refractivity contribution in [2.24, 2.45) is 0 Å². The van der Waals surface area contributed by atoms with Crippen LogP contribution in [0.2, 0.25) is 0 Å². The first-order chi connectivity index (χ1) is 15.0. The average molecular weight is 425 g/mol. The van der Waals surface area contributed by atoms with Crippen LogP contribution in [0, 0.1) is 5.82 Å². The molecule has 2 aromatic carbocycles. The lowest BCUT2D eigenvalue weighted by atomic mass is 10.0. The molecule has 1 amide bonds. The van der Waals surface area contributed by atoms with E-state index in [0.717, 1.165) is 36.2 Å². The molecule has 8 nitrogen and oxygen atoms in total. The maximum Gasteiger partial charge on any atom is 0.278 e. The molecule has 0 atom stereocenters. The number of benzene rings is 2. The second-order valence-electron chi connectivity index (χ2n) is 7.66. The van der Waals surface area contributed by atoms with Crippen LogP contribution in [0.25, 0.3) is 10.9 Å². The van der Waals surface area contributed by atoms with Crippen molar-refractivity contribution >= 4 is 16.8 Å². The highest BCUT2D eigenvalue weighted by Crippen LogP contribution is 2.20. The van der Waals surface area contributed by atoms with Gasteiger partial charge in [0.25, 0.3) is 5.56 Å². The predicted molar refractivity (Wildman–Crippen MR) is 113 cm³/mol. The third kappa shape index (κ3) is 4.88.